The second kappa shape index (κ2) is 7.48. The van der Waals surface area contributed by atoms with Gasteiger partial charge in [-0.3, -0.25) is 5.41 Å². The fourth-order valence-corrected chi connectivity index (χ4v) is 3.37. The molecule has 0 amide bonds. The lowest BCUT2D eigenvalue weighted by molar-refractivity contribution is 0.317. The number of rotatable bonds is 7. The highest BCUT2D eigenvalue weighted by molar-refractivity contribution is 6.76. The Kier molecular flexibility index (Phi) is 6.25. The quantitative estimate of drug-likeness (QED) is 0.198. The lowest BCUT2D eigenvalue weighted by Crippen LogP contribution is -2.20. The van der Waals surface area contributed by atoms with Gasteiger partial charge in [0.1, 0.15) is 12.1 Å². The highest BCUT2D eigenvalue weighted by Gasteiger charge is 2.14. The molecular weight excluding hydrogens is 302 g/mol. The van der Waals surface area contributed by atoms with E-state index in [1.54, 1.807) is 6.07 Å². The molecule has 6 heteroatoms. The topological polar surface area (TPSA) is 60.1 Å². The van der Waals surface area contributed by atoms with Crippen LogP contribution >= 0.6 is 11.6 Å². The van der Waals surface area contributed by atoms with Crippen molar-refractivity contribution in [3.8, 4) is 11.9 Å². The van der Waals surface area contributed by atoms with Gasteiger partial charge in [-0.2, -0.15) is 5.26 Å². The second-order valence-corrected chi connectivity index (χ2v) is 12.2. The van der Waals surface area contributed by atoms with Crippen LogP contribution in [-0.2, 0) is 0 Å². The monoisotopic (exact) mass is 323 g/mol. The van der Waals surface area contributed by atoms with E-state index in [0.717, 1.165) is 23.2 Å². The third-order valence-electron chi connectivity index (χ3n) is 3.08. The van der Waals surface area contributed by atoms with Crippen molar-refractivity contribution in [3.63, 3.8) is 0 Å². The number of ether oxygens (including phenoxy) is 1. The molecular formula is C15H22ClN3OSi. The Morgan fingerprint density at radius 3 is 2.62 bits per heavy atom. The smallest absolute Gasteiger partial charge is 0.190 e. The Bertz CT molecular complexity index is 549. The van der Waals surface area contributed by atoms with Crippen LogP contribution in [0.25, 0.3) is 0 Å². The van der Waals surface area contributed by atoms with Crippen LogP contribution in [0.5, 0.6) is 5.75 Å². The number of nitrogens with zero attached hydrogens (tertiary/aromatic N) is 2. The largest absolute Gasteiger partial charge is 0.492 e. The molecule has 1 rings (SSSR count). The maximum absolute atomic E-state index is 8.97. The molecule has 1 aromatic rings. The van der Waals surface area contributed by atoms with E-state index in [2.05, 4.69) is 19.6 Å². The highest BCUT2D eigenvalue weighted by Crippen LogP contribution is 2.32. The first-order chi connectivity index (χ1) is 9.78. The number of anilines is 1. The van der Waals surface area contributed by atoms with Gasteiger partial charge in [-0.05, 0) is 31.0 Å². The summed E-state index contributed by atoms with van der Waals surface area (Å²) in [4.78, 5) is 1.16. The zero-order chi connectivity index (χ0) is 16.0. The third kappa shape index (κ3) is 5.41. The molecule has 0 heterocycles. The molecule has 1 N–H and O–H groups in total. The van der Waals surface area contributed by atoms with E-state index in [1.807, 2.05) is 19.2 Å². The summed E-state index contributed by atoms with van der Waals surface area (Å²) >= 11 is 6.20. The lowest BCUT2D eigenvalue weighted by atomic mass is 10.2. The SMILES string of the molecule is Cc1cc(OCCC[Si](C)(C)C)c(Cl)cc1N(C#N)C=N. The number of hydrogen-bond acceptors (Lipinski definition) is 3. The number of nitrogens with one attached hydrogen (secondary N) is 1. The number of hydrogen-bond donors (Lipinski definition) is 1. The van der Waals surface area contributed by atoms with Crippen LogP contribution in [0.3, 0.4) is 0 Å². The van der Waals surface area contributed by atoms with Gasteiger partial charge in [-0.15, -0.1) is 0 Å². The van der Waals surface area contributed by atoms with E-state index in [-0.39, 0.29) is 0 Å². The Balaban J connectivity index is 2.76. The standard InChI is InChI=1S/C15H22ClN3OSi/c1-12-8-15(20-6-5-7-21(2,3)4)13(16)9-14(12)19(10-17)11-18/h8-10,17H,5-7H2,1-4H3. The van der Waals surface area contributed by atoms with Crippen LogP contribution in [-0.4, -0.2) is 21.0 Å². The van der Waals surface area contributed by atoms with E-state index in [0.29, 0.717) is 23.1 Å². The molecule has 0 atom stereocenters. The molecule has 0 radical (unpaired) electrons. The Hall–Kier alpha value is -1.51. The molecule has 0 aliphatic carbocycles. The maximum Gasteiger partial charge on any atom is 0.190 e. The number of halogens is 1. The van der Waals surface area contributed by atoms with Crippen LogP contribution < -0.4 is 9.64 Å². The zero-order valence-corrected chi connectivity index (χ0v) is 14.8. The normalized spacial score (nSPS) is 10.9. The molecule has 114 valence electrons. The average molecular weight is 324 g/mol. The van der Waals surface area contributed by atoms with Crippen LogP contribution in [0.4, 0.5) is 5.69 Å². The predicted molar refractivity (Wildman–Crippen MR) is 91.3 cm³/mol. The van der Waals surface area contributed by atoms with E-state index >= 15 is 0 Å². The Morgan fingerprint density at radius 2 is 2.10 bits per heavy atom. The number of aryl methyl sites for hydroxylation is 1. The van der Waals surface area contributed by atoms with Gasteiger partial charge in [0.15, 0.2) is 6.19 Å². The molecule has 0 aliphatic rings. The highest BCUT2D eigenvalue weighted by atomic mass is 35.5. The predicted octanol–water partition coefficient (Wildman–Crippen LogP) is 4.65. The summed E-state index contributed by atoms with van der Waals surface area (Å²) < 4.78 is 5.75. The molecule has 4 nitrogen and oxygen atoms in total. The van der Waals surface area contributed by atoms with E-state index in [9.17, 15) is 0 Å². The van der Waals surface area contributed by atoms with Gasteiger partial charge in [0.2, 0.25) is 0 Å². The van der Waals surface area contributed by atoms with Gasteiger partial charge in [0.25, 0.3) is 0 Å². The third-order valence-corrected chi connectivity index (χ3v) is 5.22. The fraction of sp³-hybridized carbons (Fsp3) is 0.467. The molecule has 0 spiro atoms. The van der Waals surface area contributed by atoms with Crippen LogP contribution in [0.1, 0.15) is 12.0 Å². The summed E-state index contributed by atoms with van der Waals surface area (Å²) in [6.07, 6.45) is 3.91. The van der Waals surface area contributed by atoms with Gasteiger partial charge in [-0.1, -0.05) is 37.3 Å². The van der Waals surface area contributed by atoms with Crippen molar-refractivity contribution in [2.45, 2.75) is 39.0 Å². The minimum atomic E-state index is -1.03. The van der Waals surface area contributed by atoms with E-state index in [1.165, 1.54) is 6.04 Å². The van der Waals surface area contributed by atoms with Crippen molar-refractivity contribution in [2.75, 3.05) is 11.5 Å². The Labute approximate surface area is 132 Å². The first kappa shape index (κ1) is 17.5. The van der Waals surface area contributed by atoms with Crippen molar-refractivity contribution >= 4 is 31.7 Å². The van der Waals surface area contributed by atoms with Gasteiger partial charge in [0.05, 0.1) is 17.3 Å². The van der Waals surface area contributed by atoms with Crippen molar-refractivity contribution < 1.29 is 4.74 Å². The fourth-order valence-electron chi connectivity index (χ4n) is 1.95. The summed E-state index contributed by atoms with van der Waals surface area (Å²) in [5.74, 6) is 0.636. The van der Waals surface area contributed by atoms with Crippen LogP contribution in [0.2, 0.25) is 30.7 Å². The van der Waals surface area contributed by atoms with Crippen LogP contribution in [0, 0.1) is 23.8 Å². The average Bonchev–Trinajstić information content (AvgIpc) is 2.39. The molecule has 0 aliphatic heterocycles. The van der Waals surface area contributed by atoms with Crippen molar-refractivity contribution in [1.29, 1.82) is 10.7 Å². The maximum atomic E-state index is 8.97. The minimum absolute atomic E-state index is 0.464. The summed E-state index contributed by atoms with van der Waals surface area (Å²) in [7, 11) is -1.03. The molecule has 0 bridgehead atoms. The number of benzene rings is 1. The van der Waals surface area contributed by atoms with Gasteiger partial charge >= 0.3 is 0 Å². The van der Waals surface area contributed by atoms with Crippen molar-refractivity contribution in [2.24, 2.45) is 0 Å². The van der Waals surface area contributed by atoms with E-state index < -0.39 is 8.07 Å². The number of nitriles is 1. The molecule has 0 saturated heterocycles. The van der Waals surface area contributed by atoms with Crippen molar-refractivity contribution in [3.05, 3.63) is 22.7 Å². The first-order valence-electron chi connectivity index (χ1n) is 6.91. The second-order valence-electron chi connectivity index (χ2n) is 6.18. The van der Waals surface area contributed by atoms with Crippen molar-refractivity contribution in [1.82, 2.24) is 0 Å². The minimum Gasteiger partial charge on any atom is -0.492 e. The Morgan fingerprint density at radius 1 is 1.43 bits per heavy atom. The molecule has 0 unspecified atom stereocenters. The molecule has 1 aromatic carbocycles. The van der Waals surface area contributed by atoms with E-state index in [4.69, 9.17) is 27.0 Å². The first-order valence-corrected chi connectivity index (χ1v) is 11.0. The van der Waals surface area contributed by atoms with Gasteiger partial charge in [-0.25, -0.2) is 4.90 Å². The van der Waals surface area contributed by atoms with Gasteiger partial charge in [0, 0.05) is 8.07 Å². The summed E-state index contributed by atoms with van der Waals surface area (Å²) in [6.45, 7) is 9.54. The summed E-state index contributed by atoms with van der Waals surface area (Å²) in [5.41, 5.74) is 1.46. The molecule has 0 saturated carbocycles. The molecule has 0 aromatic heterocycles. The summed E-state index contributed by atoms with van der Waals surface area (Å²) in [5, 5.41) is 16.7. The molecule has 21 heavy (non-hydrogen) atoms. The van der Waals surface area contributed by atoms with Crippen LogP contribution in [0.15, 0.2) is 12.1 Å². The summed E-state index contributed by atoms with van der Waals surface area (Å²) in [6, 6.07) is 4.71. The van der Waals surface area contributed by atoms with Gasteiger partial charge < -0.3 is 4.74 Å². The molecule has 0 fully saturated rings. The lowest BCUT2D eigenvalue weighted by Gasteiger charge is -2.17. The zero-order valence-electron chi connectivity index (χ0n) is 13.0.